The van der Waals surface area contributed by atoms with E-state index in [4.69, 9.17) is 11.6 Å². The third-order valence-corrected chi connectivity index (χ3v) is 4.29. The first kappa shape index (κ1) is 13.7. The van der Waals surface area contributed by atoms with Crippen molar-refractivity contribution < 1.29 is 0 Å². The zero-order valence-electron chi connectivity index (χ0n) is 11.3. The molecule has 0 N–H and O–H groups in total. The molecule has 0 amide bonds. The summed E-state index contributed by atoms with van der Waals surface area (Å²) in [4.78, 5) is 4.61. The molecular formula is C16H14BrClN2. The number of fused-ring (bicyclic) bond motifs is 1. The van der Waals surface area contributed by atoms with Crippen molar-refractivity contribution >= 4 is 38.6 Å². The number of halogens is 2. The van der Waals surface area contributed by atoms with Gasteiger partial charge in [0, 0.05) is 10.2 Å². The van der Waals surface area contributed by atoms with Crippen LogP contribution < -0.4 is 0 Å². The van der Waals surface area contributed by atoms with E-state index >= 15 is 0 Å². The fourth-order valence-corrected chi connectivity index (χ4v) is 2.87. The number of nitrogens with zero attached hydrogens (tertiary/aromatic N) is 2. The van der Waals surface area contributed by atoms with E-state index < -0.39 is 0 Å². The van der Waals surface area contributed by atoms with Crippen molar-refractivity contribution in [3.05, 3.63) is 57.8 Å². The molecule has 1 heterocycles. The summed E-state index contributed by atoms with van der Waals surface area (Å²) in [7, 11) is 0. The van der Waals surface area contributed by atoms with Crippen LogP contribution in [0.5, 0.6) is 0 Å². The van der Waals surface area contributed by atoms with Crippen LogP contribution in [0.4, 0.5) is 0 Å². The van der Waals surface area contributed by atoms with Crippen LogP contribution in [0.3, 0.4) is 0 Å². The molecule has 0 radical (unpaired) electrons. The molecule has 102 valence electrons. The molecule has 20 heavy (non-hydrogen) atoms. The van der Waals surface area contributed by atoms with Crippen LogP contribution in [0.1, 0.15) is 17.0 Å². The zero-order chi connectivity index (χ0) is 14.3. The van der Waals surface area contributed by atoms with Gasteiger partial charge in [0.25, 0.3) is 0 Å². The summed E-state index contributed by atoms with van der Waals surface area (Å²) < 4.78 is 3.16. The summed E-state index contributed by atoms with van der Waals surface area (Å²) in [5.74, 6) is 1.25. The molecular weight excluding hydrogens is 336 g/mol. The van der Waals surface area contributed by atoms with Gasteiger partial charge in [0.1, 0.15) is 5.82 Å². The number of rotatable bonds is 2. The maximum Gasteiger partial charge on any atom is 0.129 e. The number of benzene rings is 2. The Balaban J connectivity index is 2.32. The van der Waals surface area contributed by atoms with Crippen molar-refractivity contribution in [2.24, 2.45) is 0 Å². The summed E-state index contributed by atoms with van der Waals surface area (Å²) >= 11 is 9.59. The Labute approximate surface area is 131 Å². The molecule has 0 aliphatic carbocycles. The Bertz CT molecular complexity index is 793. The van der Waals surface area contributed by atoms with Crippen LogP contribution in [0.25, 0.3) is 16.7 Å². The standard InChI is InChI=1S/C16H14BrClN2/c1-10-3-5-13(7-11(10)2)20-15-8-12(17)4-6-14(15)19-16(20)9-18/h3-8H,9H2,1-2H3. The summed E-state index contributed by atoms with van der Waals surface area (Å²) in [6.07, 6.45) is 0. The fraction of sp³-hybridized carbons (Fsp3) is 0.188. The van der Waals surface area contributed by atoms with Gasteiger partial charge in [0.05, 0.1) is 16.9 Å². The lowest BCUT2D eigenvalue weighted by Gasteiger charge is -2.10. The van der Waals surface area contributed by atoms with E-state index in [1.54, 1.807) is 0 Å². The number of hydrogen-bond donors (Lipinski definition) is 0. The first-order valence-corrected chi connectivity index (χ1v) is 7.73. The van der Waals surface area contributed by atoms with Gasteiger partial charge in [-0.25, -0.2) is 4.98 Å². The molecule has 3 aromatic rings. The highest BCUT2D eigenvalue weighted by molar-refractivity contribution is 9.10. The maximum atomic E-state index is 6.07. The lowest BCUT2D eigenvalue weighted by atomic mass is 10.1. The first-order chi connectivity index (χ1) is 9.60. The highest BCUT2D eigenvalue weighted by atomic mass is 79.9. The molecule has 0 aliphatic rings. The highest BCUT2D eigenvalue weighted by Crippen LogP contribution is 2.26. The van der Waals surface area contributed by atoms with E-state index in [0.717, 1.165) is 27.0 Å². The van der Waals surface area contributed by atoms with Crippen molar-refractivity contribution in [1.29, 1.82) is 0 Å². The van der Waals surface area contributed by atoms with Crippen molar-refractivity contribution in [2.45, 2.75) is 19.7 Å². The Kier molecular flexibility index (Phi) is 3.57. The normalized spacial score (nSPS) is 11.2. The molecule has 0 atom stereocenters. The number of aryl methyl sites for hydroxylation is 2. The van der Waals surface area contributed by atoms with E-state index in [1.807, 2.05) is 12.1 Å². The van der Waals surface area contributed by atoms with Gasteiger partial charge in [0.15, 0.2) is 0 Å². The monoisotopic (exact) mass is 348 g/mol. The predicted molar refractivity (Wildman–Crippen MR) is 87.8 cm³/mol. The number of alkyl halides is 1. The molecule has 2 aromatic carbocycles. The third-order valence-electron chi connectivity index (χ3n) is 3.55. The average Bonchev–Trinajstić information content (AvgIpc) is 2.79. The van der Waals surface area contributed by atoms with Crippen LogP contribution in [-0.4, -0.2) is 9.55 Å². The summed E-state index contributed by atoms with van der Waals surface area (Å²) in [6, 6.07) is 12.5. The second-order valence-electron chi connectivity index (χ2n) is 4.90. The Morgan fingerprint density at radius 2 is 1.90 bits per heavy atom. The summed E-state index contributed by atoms with van der Waals surface area (Å²) in [6.45, 7) is 4.23. The SMILES string of the molecule is Cc1ccc(-n2c(CCl)nc3ccc(Br)cc32)cc1C. The van der Waals surface area contributed by atoms with Crippen LogP contribution >= 0.6 is 27.5 Å². The Hall–Kier alpha value is -1.32. The number of aromatic nitrogens is 2. The second kappa shape index (κ2) is 5.23. The molecule has 0 saturated carbocycles. The van der Waals surface area contributed by atoms with E-state index in [-0.39, 0.29) is 0 Å². The molecule has 1 aromatic heterocycles. The zero-order valence-corrected chi connectivity index (χ0v) is 13.7. The van der Waals surface area contributed by atoms with E-state index in [9.17, 15) is 0 Å². The molecule has 3 rings (SSSR count). The second-order valence-corrected chi connectivity index (χ2v) is 6.08. The van der Waals surface area contributed by atoms with Gasteiger partial charge in [-0.2, -0.15) is 0 Å². The average molecular weight is 350 g/mol. The van der Waals surface area contributed by atoms with Crippen molar-refractivity contribution in [2.75, 3.05) is 0 Å². The third kappa shape index (κ3) is 2.25. The molecule has 0 aliphatic heterocycles. The molecule has 0 bridgehead atoms. The minimum absolute atomic E-state index is 0.388. The Morgan fingerprint density at radius 1 is 1.10 bits per heavy atom. The van der Waals surface area contributed by atoms with Crippen LogP contribution in [-0.2, 0) is 5.88 Å². The lowest BCUT2D eigenvalue weighted by molar-refractivity contribution is 0.978. The highest BCUT2D eigenvalue weighted by Gasteiger charge is 2.12. The molecule has 0 fully saturated rings. The van der Waals surface area contributed by atoms with Crippen molar-refractivity contribution in [3.63, 3.8) is 0 Å². The summed E-state index contributed by atoms with van der Waals surface area (Å²) in [5, 5.41) is 0. The van der Waals surface area contributed by atoms with Gasteiger partial charge in [-0.15, -0.1) is 11.6 Å². The minimum Gasteiger partial charge on any atom is -0.295 e. The Morgan fingerprint density at radius 3 is 2.60 bits per heavy atom. The van der Waals surface area contributed by atoms with Crippen LogP contribution in [0.2, 0.25) is 0 Å². The van der Waals surface area contributed by atoms with Gasteiger partial charge in [-0.3, -0.25) is 4.57 Å². The van der Waals surface area contributed by atoms with E-state index in [2.05, 4.69) is 63.6 Å². The van der Waals surface area contributed by atoms with Gasteiger partial charge < -0.3 is 0 Å². The van der Waals surface area contributed by atoms with Gasteiger partial charge in [-0.05, 0) is 55.3 Å². The van der Waals surface area contributed by atoms with E-state index in [1.165, 1.54) is 11.1 Å². The predicted octanol–water partition coefficient (Wildman–Crippen LogP) is 5.14. The maximum absolute atomic E-state index is 6.07. The molecule has 0 spiro atoms. The quantitative estimate of drug-likeness (QED) is 0.585. The van der Waals surface area contributed by atoms with Gasteiger partial charge in [-0.1, -0.05) is 22.0 Å². The lowest BCUT2D eigenvalue weighted by Crippen LogP contribution is -2.00. The summed E-state index contributed by atoms with van der Waals surface area (Å²) in [5.41, 5.74) is 5.68. The number of hydrogen-bond acceptors (Lipinski definition) is 1. The van der Waals surface area contributed by atoms with Crippen molar-refractivity contribution in [1.82, 2.24) is 9.55 Å². The molecule has 0 unspecified atom stereocenters. The first-order valence-electron chi connectivity index (χ1n) is 6.40. The number of imidazole rings is 1. The largest absolute Gasteiger partial charge is 0.295 e. The van der Waals surface area contributed by atoms with Crippen LogP contribution in [0.15, 0.2) is 40.9 Å². The fourth-order valence-electron chi connectivity index (χ4n) is 2.34. The topological polar surface area (TPSA) is 17.8 Å². The van der Waals surface area contributed by atoms with Crippen LogP contribution in [0, 0.1) is 13.8 Å². The van der Waals surface area contributed by atoms with Crippen molar-refractivity contribution in [3.8, 4) is 5.69 Å². The van der Waals surface area contributed by atoms with E-state index in [0.29, 0.717) is 5.88 Å². The molecule has 0 saturated heterocycles. The van der Waals surface area contributed by atoms with Gasteiger partial charge >= 0.3 is 0 Å². The van der Waals surface area contributed by atoms with Gasteiger partial charge in [0.2, 0.25) is 0 Å². The smallest absolute Gasteiger partial charge is 0.129 e. The molecule has 2 nitrogen and oxygen atoms in total. The minimum atomic E-state index is 0.388. The molecule has 4 heteroatoms.